The Kier molecular flexibility index (Phi) is 8.21. The number of ether oxygens (including phenoxy) is 4. The van der Waals surface area contributed by atoms with Gasteiger partial charge in [0.2, 0.25) is 0 Å². The van der Waals surface area contributed by atoms with Crippen LogP contribution in [0.25, 0.3) is 22.2 Å². The Bertz CT molecular complexity index is 1170. The second-order valence-corrected chi connectivity index (χ2v) is 11.6. The predicted molar refractivity (Wildman–Crippen MR) is 133 cm³/mol. The van der Waals surface area contributed by atoms with Crippen LogP contribution >= 0.6 is 0 Å². The molecule has 3 aromatic rings. The molecule has 34 heavy (non-hydrogen) atoms. The Morgan fingerprint density at radius 3 is 2.24 bits per heavy atom. The third-order valence-electron chi connectivity index (χ3n) is 5.05. The zero-order chi connectivity index (χ0) is 24.9. The van der Waals surface area contributed by atoms with Crippen LogP contribution in [0.1, 0.15) is 26.3 Å². The summed E-state index contributed by atoms with van der Waals surface area (Å²) in [7, 11) is 4.57. The average Bonchev–Trinajstić information content (AvgIpc) is 2.80. The molecule has 0 fully saturated rings. The van der Waals surface area contributed by atoms with E-state index in [0.717, 1.165) is 27.7 Å². The molecule has 2 aromatic carbocycles. The summed E-state index contributed by atoms with van der Waals surface area (Å²) in [6.07, 6.45) is 0.407. The van der Waals surface area contributed by atoms with Gasteiger partial charge in [-0.2, -0.15) is 0 Å². The summed E-state index contributed by atoms with van der Waals surface area (Å²) < 4.78 is 20.6. The van der Waals surface area contributed by atoms with Gasteiger partial charge in [-0.15, -0.1) is 0 Å². The molecule has 0 radical (unpaired) electrons. The van der Waals surface area contributed by atoms with Crippen molar-refractivity contribution in [1.29, 1.82) is 0 Å². The van der Waals surface area contributed by atoms with E-state index in [1.54, 1.807) is 14.2 Å². The van der Waals surface area contributed by atoms with Crippen molar-refractivity contribution in [3.05, 3.63) is 54.1 Å². The van der Waals surface area contributed by atoms with Crippen molar-refractivity contribution < 1.29 is 28.5 Å². The second kappa shape index (κ2) is 10.9. The fraction of sp³-hybridized carbons (Fsp3) is 0.346. The molecule has 7 nitrogen and oxygen atoms in total. The van der Waals surface area contributed by atoms with Crippen LogP contribution in [-0.4, -0.2) is 58.4 Å². The Hall–Kier alpha value is -3.05. The zero-order valence-electron chi connectivity index (χ0n) is 20.3. The van der Waals surface area contributed by atoms with E-state index in [-0.39, 0.29) is 10.7 Å². The first-order chi connectivity index (χ1) is 16.1. The number of carbonyl (C=O) groups excluding carboxylic acids is 2. The number of benzene rings is 2. The van der Waals surface area contributed by atoms with Gasteiger partial charge in [0, 0.05) is 0 Å². The molecule has 1 heterocycles. The van der Waals surface area contributed by atoms with E-state index in [4.69, 9.17) is 23.9 Å². The number of carbonyl (C=O) groups is 2. The van der Waals surface area contributed by atoms with Crippen molar-refractivity contribution in [2.75, 3.05) is 21.3 Å². The molecule has 0 amide bonds. The van der Waals surface area contributed by atoms with Crippen molar-refractivity contribution in [2.45, 2.75) is 37.5 Å². The molecule has 2 unspecified atom stereocenters. The van der Waals surface area contributed by atoms with Crippen molar-refractivity contribution in [3.63, 3.8) is 0 Å². The van der Waals surface area contributed by atoms with Gasteiger partial charge < -0.3 is 0 Å². The Labute approximate surface area is 206 Å². The van der Waals surface area contributed by atoms with Gasteiger partial charge in [-0.1, -0.05) is 0 Å². The van der Waals surface area contributed by atoms with E-state index < -0.39 is 26.1 Å². The second-order valence-electron chi connectivity index (χ2n) is 8.69. The van der Waals surface area contributed by atoms with Crippen molar-refractivity contribution in [1.82, 2.24) is 4.98 Å². The summed E-state index contributed by atoms with van der Waals surface area (Å²) in [6.45, 7) is 5.44. The molecule has 3 rings (SSSR count). The van der Waals surface area contributed by atoms with Crippen LogP contribution in [0.4, 0.5) is 4.79 Å². The molecule has 0 aliphatic carbocycles. The molecule has 0 N–H and O–H groups in total. The summed E-state index contributed by atoms with van der Waals surface area (Å²) >= 11 is -1.37. The molecule has 0 bridgehead atoms. The quantitative estimate of drug-likeness (QED) is 0.308. The van der Waals surface area contributed by atoms with Crippen molar-refractivity contribution in [3.8, 4) is 22.8 Å². The van der Waals surface area contributed by atoms with E-state index in [2.05, 4.69) is 0 Å². The minimum atomic E-state index is -1.37. The summed E-state index contributed by atoms with van der Waals surface area (Å²) in [6, 6.07) is 15.3. The first-order valence-corrected chi connectivity index (χ1v) is 13.1. The predicted octanol–water partition coefficient (Wildman–Crippen LogP) is 4.79. The van der Waals surface area contributed by atoms with Crippen LogP contribution in [0.3, 0.4) is 0 Å². The zero-order valence-corrected chi connectivity index (χ0v) is 22.4. The van der Waals surface area contributed by atoms with E-state index in [9.17, 15) is 9.59 Å². The molecular formula is C26H30AsNO6. The maximum absolute atomic E-state index is 12.4. The fourth-order valence-corrected chi connectivity index (χ4v) is 6.13. The van der Waals surface area contributed by atoms with Crippen LogP contribution < -0.4 is 9.47 Å². The summed E-state index contributed by atoms with van der Waals surface area (Å²) in [4.78, 5) is 29.5. The van der Waals surface area contributed by atoms with E-state index in [1.807, 2.05) is 69.3 Å². The topological polar surface area (TPSA) is 84.0 Å². The molecular weight excluding hydrogens is 497 g/mol. The van der Waals surface area contributed by atoms with E-state index in [0.29, 0.717) is 17.9 Å². The van der Waals surface area contributed by atoms with E-state index >= 15 is 0 Å². The molecule has 0 aliphatic heterocycles. The number of fused-ring (bicyclic) bond motifs is 1. The molecule has 0 saturated carbocycles. The Morgan fingerprint density at radius 2 is 1.65 bits per heavy atom. The summed E-state index contributed by atoms with van der Waals surface area (Å²) in [5, 5.41) is 0.927. The van der Waals surface area contributed by atoms with Gasteiger partial charge in [-0.3, -0.25) is 0 Å². The summed E-state index contributed by atoms with van der Waals surface area (Å²) in [5.41, 5.74) is 2.66. The van der Waals surface area contributed by atoms with Crippen molar-refractivity contribution >= 4 is 37.4 Å². The van der Waals surface area contributed by atoms with Gasteiger partial charge in [-0.05, 0) is 0 Å². The standard InChI is InChI=1S/C26H30AsNO6/c1-26(2,3)34-25(30)27-18(24(29)33-6)15-16-10-12-19-17(14-16)11-13-20(28-19)23-21(31-4)8-7-9-22(23)32-5/h7-14,18,27H,15H2,1-6H3. The third kappa shape index (κ3) is 6.29. The number of aromatic nitrogens is 1. The minimum absolute atomic E-state index is 0.305. The summed E-state index contributed by atoms with van der Waals surface area (Å²) in [5.74, 6) is 0.966. The van der Waals surface area contributed by atoms with Crippen LogP contribution in [0.15, 0.2) is 48.5 Å². The van der Waals surface area contributed by atoms with Crippen LogP contribution in [0, 0.1) is 0 Å². The monoisotopic (exact) mass is 527 g/mol. The number of pyridine rings is 1. The van der Waals surface area contributed by atoms with Crippen molar-refractivity contribution in [2.24, 2.45) is 0 Å². The normalized spacial score (nSPS) is 12.5. The number of methoxy groups -OCH3 is 3. The van der Waals surface area contributed by atoms with E-state index in [1.165, 1.54) is 7.11 Å². The van der Waals surface area contributed by atoms with Gasteiger partial charge in [0.1, 0.15) is 0 Å². The van der Waals surface area contributed by atoms with Gasteiger partial charge in [0.05, 0.1) is 0 Å². The maximum atomic E-state index is 12.4. The van der Waals surface area contributed by atoms with Gasteiger partial charge in [-0.25, -0.2) is 0 Å². The van der Waals surface area contributed by atoms with Crippen LogP contribution in [0.2, 0.25) is 4.71 Å². The molecule has 0 aliphatic rings. The van der Waals surface area contributed by atoms with Gasteiger partial charge in [0.25, 0.3) is 0 Å². The fourth-order valence-electron chi connectivity index (χ4n) is 3.57. The van der Waals surface area contributed by atoms with Gasteiger partial charge >= 0.3 is 207 Å². The number of esters is 1. The van der Waals surface area contributed by atoms with Crippen LogP contribution in [0.5, 0.6) is 11.5 Å². The molecule has 1 aromatic heterocycles. The molecule has 8 heteroatoms. The Morgan fingerprint density at radius 1 is 0.971 bits per heavy atom. The number of nitrogens with zero attached hydrogens (tertiary/aromatic N) is 1. The number of rotatable bonds is 8. The molecule has 0 saturated heterocycles. The first kappa shape index (κ1) is 25.6. The van der Waals surface area contributed by atoms with Crippen LogP contribution in [-0.2, 0) is 20.7 Å². The number of hydrogen-bond donors (Lipinski definition) is 0. The third-order valence-corrected chi connectivity index (χ3v) is 7.42. The van der Waals surface area contributed by atoms with Gasteiger partial charge in [0.15, 0.2) is 0 Å². The average molecular weight is 527 g/mol. The molecule has 2 atom stereocenters. The Balaban J connectivity index is 1.88. The first-order valence-electron chi connectivity index (χ1n) is 10.8. The molecule has 180 valence electrons. The SMILES string of the molecule is COC(=O)C(Cc1ccc2nc(-c3c(OC)cccc3OC)ccc2c1)[AsH]C(=O)OC(C)(C)C. The molecule has 0 spiro atoms. The number of hydrogen-bond acceptors (Lipinski definition) is 7.